The van der Waals surface area contributed by atoms with Crippen molar-refractivity contribution in [2.75, 3.05) is 5.32 Å². The number of carbonyl (C=O) groups excluding carboxylic acids is 1. The van der Waals surface area contributed by atoms with E-state index in [1.165, 1.54) is 0 Å². The lowest BCUT2D eigenvalue weighted by Gasteiger charge is -2.31. The summed E-state index contributed by atoms with van der Waals surface area (Å²) in [5.74, 6) is 0.672. The molecule has 6 aromatic carbocycles. The number of non-ortho nitro benzene ring substituents is 2. The zero-order valence-corrected chi connectivity index (χ0v) is 22.4. The molecule has 1 amide bonds. The van der Waals surface area contributed by atoms with Gasteiger partial charge in [0.2, 0.25) is 0 Å². The fourth-order valence-corrected chi connectivity index (χ4v) is 5.82. The van der Waals surface area contributed by atoms with E-state index in [2.05, 4.69) is 29.6 Å². The number of benzene rings is 6. The first-order valence-corrected chi connectivity index (χ1v) is 13.4. The molecule has 0 radical (unpaired) electrons. The van der Waals surface area contributed by atoms with Gasteiger partial charge in [-0.1, -0.05) is 72.8 Å². The molecule has 0 spiro atoms. The number of nitro benzene ring substituents is 2. The first-order chi connectivity index (χ1) is 20.9. The average molecular weight is 568 g/mol. The van der Waals surface area contributed by atoms with Gasteiger partial charge in [0.25, 0.3) is 17.3 Å². The van der Waals surface area contributed by atoms with Gasteiger partial charge in [-0.05, 0) is 51.4 Å². The maximum Gasteiger partial charge on any atom is 0.277 e. The number of nitrogens with zero attached hydrogens (tertiary/aromatic N) is 2. The van der Waals surface area contributed by atoms with E-state index in [1.54, 1.807) is 12.1 Å². The Balaban J connectivity index is 1.31. The van der Waals surface area contributed by atoms with Crippen LogP contribution in [0.15, 0.2) is 115 Å². The molecule has 43 heavy (non-hydrogen) atoms. The standard InChI is InChI=1S/C34H21N3O6/c38-34(23-17-25(36(39)40)19-26(18-23)37(41)42)35-24-13-9-22(10-14-24)31-32-27-7-3-1-5-20(27)11-15-29(32)43-30-16-12-21-6-2-4-8-28(21)33(30)31/h1-19,31H,(H,35,38). The number of hydrogen-bond acceptors (Lipinski definition) is 6. The number of nitro groups is 2. The minimum absolute atomic E-state index is 0.180. The second-order valence-electron chi connectivity index (χ2n) is 10.3. The molecule has 208 valence electrons. The molecule has 0 atom stereocenters. The summed E-state index contributed by atoms with van der Waals surface area (Å²) in [6.07, 6.45) is 0. The van der Waals surface area contributed by atoms with Crippen molar-refractivity contribution in [2.45, 2.75) is 5.92 Å². The summed E-state index contributed by atoms with van der Waals surface area (Å²) in [6, 6.07) is 34.7. The van der Waals surface area contributed by atoms with Gasteiger partial charge < -0.3 is 10.1 Å². The third kappa shape index (κ3) is 4.49. The van der Waals surface area contributed by atoms with Crippen LogP contribution in [0.1, 0.15) is 33.0 Å². The second-order valence-corrected chi connectivity index (χ2v) is 10.3. The quantitative estimate of drug-likeness (QED) is 0.165. The number of rotatable bonds is 5. The summed E-state index contributed by atoms with van der Waals surface area (Å²) in [7, 11) is 0. The van der Waals surface area contributed by atoms with Crippen LogP contribution in [0, 0.1) is 20.2 Å². The lowest BCUT2D eigenvalue weighted by molar-refractivity contribution is -0.394. The van der Waals surface area contributed by atoms with Crippen molar-refractivity contribution in [2.24, 2.45) is 0 Å². The largest absolute Gasteiger partial charge is 0.457 e. The molecule has 6 aromatic rings. The van der Waals surface area contributed by atoms with Crippen molar-refractivity contribution >= 4 is 44.5 Å². The van der Waals surface area contributed by atoms with Crippen molar-refractivity contribution in [1.29, 1.82) is 0 Å². The molecule has 9 heteroatoms. The van der Waals surface area contributed by atoms with Gasteiger partial charge in [0.15, 0.2) is 0 Å². The molecule has 9 nitrogen and oxygen atoms in total. The van der Waals surface area contributed by atoms with Crippen molar-refractivity contribution < 1.29 is 19.4 Å². The lowest BCUT2D eigenvalue weighted by Crippen LogP contribution is -2.14. The molecule has 0 bridgehead atoms. The molecule has 0 aromatic heterocycles. The van der Waals surface area contributed by atoms with Crippen LogP contribution in [0.5, 0.6) is 11.5 Å². The molecule has 0 fully saturated rings. The molecule has 7 rings (SSSR count). The average Bonchev–Trinajstić information content (AvgIpc) is 3.03. The molecule has 1 aliphatic rings. The van der Waals surface area contributed by atoms with Crippen LogP contribution in [0.25, 0.3) is 21.5 Å². The van der Waals surface area contributed by atoms with Gasteiger partial charge in [-0.15, -0.1) is 0 Å². The Labute approximate surface area is 244 Å². The van der Waals surface area contributed by atoms with Crippen LogP contribution in [0.3, 0.4) is 0 Å². The summed E-state index contributed by atoms with van der Waals surface area (Å²) >= 11 is 0. The first kappa shape index (κ1) is 25.8. The van der Waals surface area contributed by atoms with Gasteiger partial charge in [0.1, 0.15) is 11.5 Å². The van der Waals surface area contributed by atoms with Crippen LogP contribution < -0.4 is 10.1 Å². The minimum Gasteiger partial charge on any atom is -0.457 e. The third-order valence-corrected chi connectivity index (χ3v) is 7.75. The van der Waals surface area contributed by atoms with Gasteiger partial charge in [-0.3, -0.25) is 25.0 Å². The van der Waals surface area contributed by atoms with Gasteiger partial charge >= 0.3 is 0 Å². The normalized spacial score (nSPS) is 12.3. The van der Waals surface area contributed by atoms with Crippen molar-refractivity contribution in [1.82, 2.24) is 0 Å². The van der Waals surface area contributed by atoms with E-state index in [4.69, 9.17) is 4.74 Å². The Morgan fingerprint density at radius 3 is 1.67 bits per heavy atom. The number of carbonyl (C=O) groups is 1. The molecule has 0 saturated carbocycles. The summed E-state index contributed by atoms with van der Waals surface area (Å²) in [6.45, 7) is 0. The highest BCUT2D eigenvalue weighted by Crippen LogP contribution is 2.52. The predicted octanol–water partition coefficient (Wildman–Crippen LogP) is 8.35. The highest BCUT2D eigenvalue weighted by Gasteiger charge is 2.32. The molecule has 0 aliphatic carbocycles. The molecular formula is C34H21N3O6. The summed E-state index contributed by atoms with van der Waals surface area (Å²) in [5, 5.41) is 29.6. The Morgan fingerprint density at radius 2 is 1.16 bits per heavy atom. The van der Waals surface area contributed by atoms with E-state index >= 15 is 0 Å². The van der Waals surface area contributed by atoms with Crippen molar-refractivity contribution in [3.05, 3.63) is 158 Å². The number of fused-ring (bicyclic) bond motifs is 6. The number of ether oxygens (including phenoxy) is 1. The molecule has 1 heterocycles. The third-order valence-electron chi connectivity index (χ3n) is 7.75. The number of hydrogen-bond donors (Lipinski definition) is 1. The van der Waals surface area contributed by atoms with Crippen molar-refractivity contribution in [3.8, 4) is 11.5 Å². The van der Waals surface area contributed by atoms with Crippen LogP contribution in [0.4, 0.5) is 17.1 Å². The van der Waals surface area contributed by atoms with Gasteiger partial charge in [-0.25, -0.2) is 0 Å². The van der Waals surface area contributed by atoms with E-state index < -0.39 is 27.1 Å². The Hall–Kier alpha value is -6.09. The molecule has 1 N–H and O–H groups in total. The minimum atomic E-state index is -0.768. The zero-order valence-electron chi connectivity index (χ0n) is 22.4. The van der Waals surface area contributed by atoms with E-state index in [-0.39, 0.29) is 11.5 Å². The number of nitrogens with one attached hydrogen (secondary N) is 1. The van der Waals surface area contributed by atoms with Gasteiger partial charge in [0, 0.05) is 34.9 Å². The lowest BCUT2D eigenvalue weighted by atomic mass is 9.78. The second kappa shape index (κ2) is 10.1. The van der Waals surface area contributed by atoms with Gasteiger partial charge in [0.05, 0.1) is 21.5 Å². The maximum atomic E-state index is 13.0. The topological polar surface area (TPSA) is 125 Å². The SMILES string of the molecule is O=C(Nc1ccc(C2c3c(ccc4ccccc34)Oc3ccc4ccccc4c32)cc1)c1cc([N+](=O)[O-])cc([N+](=O)[O-])c1. The van der Waals surface area contributed by atoms with Crippen LogP contribution in [-0.2, 0) is 0 Å². The smallest absolute Gasteiger partial charge is 0.277 e. The molecule has 0 saturated heterocycles. The highest BCUT2D eigenvalue weighted by molar-refractivity contribution is 6.05. The predicted molar refractivity (Wildman–Crippen MR) is 163 cm³/mol. The molecule has 1 aliphatic heterocycles. The number of amides is 1. The van der Waals surface area contributed by atoms with E-state index in [9.17, 15) is 25.0 Å². The fourth-order valence-electron chi connectivity index (χ4n) is 5.82. The van der Waals surface area contributed by atoms with E-state index in [0.717, 1.165) is 67.9 Å². The summed E-state index contributed by atoms with van der Waals surface area (Å²) < 4.78 is 6.47. The molecular weight excluding hydrogens is 546 g/mol. The Kier molecular flexibility index (Phi) is 6.06. The summed E-state index contributed by atoms with van der Waals surface area (Å²) in [5.41, 5.74) is 2.24. The maximum absolute atomic E-state index is 13.0. The number of anilines is 1. The Morgan fingerprint density at radius 1 is 0.651 bits per heavy atom. The van der Waals surface area contributed by atoms with Crippen LogP contribution in [-0.4, -0.2) is 15.8 Å². The zero-order chi connectivity index (χ0) is 29.7. The first-order valence-electron chi connectivity index (χ1n) is 13.4. The monoisotopic (exact) mass is 567 g/mol. The van der Waals surface area contributed by atoms with Crippen LogP contribution >= 0.6 is 0 Å². The van der Waals surface area contributed by atoms with Crippen LogP contribution in [0.2, 0.25) is 0 Å². The van der Waals surface area contributed by atoms with Gasteiger partial charge in [-0.2, -0.15) is 0 Å². The van der Waals surface area contributed by atoms with E-state index in [0.29, 0.717) is 5.69 Å². The molecule has 0 unspecified atom stereocenters. The van der Waals surface area contributed by atoms with Crippen molar-refractivity contribution in [3.63, 3.8) is 0 Å². The Bertz CT molecular complexity index is 2010. The summed E-state index contributed by atoms with van der Waals surface area (Å²) in [4.78, 5) is 34.0. The van der Waals surface area contributed by atoms with E-state index in [1.807, 2.05) is 60.7 Å². The fraction of sp³-hybridized carbons (Fsp3) is 0.0294. The highest BCUT2D eigenvalue weighted by atomic mass is 16.6.